The fraction of sp³-hybridized carbons (Fsp3) is 0.200. The van der Waals surface area contributed by atoms with Crippen molar-refractivity contribution in [1.29, 1.82) is 0 Å². The van der Waals surface area contributed by atoms with Gasteiger partial charge in [0.2, 0.25) is 0 Å². The number of amides is 2. The van der Waals surface area contributed by atoms with Crippen LogP contribution >= 0.6 is 0 Å². The van der Waals surface area contributed by atoms with Crippen molar-refractivity contribution in [2.24, 2.45) is 0 Å². The van der Waals surface area contributed by atoms with Crippen LogP contribution in [0.3, 0.4) is 0 Å². The van der Waals surface area contributed by atoms with Crippen LogP contribution in [0.2, 0.25) is 0 Å². The fourth-order valence-corrected chi connectivity index (χ4v) is 4.29. The van der Waals surface area contributed by atoms with E-state index in [0.29, 0.717) is 23.4 Å². The topological polar surface area (TPSA) is 113 Å². The predicted octanol–water partition coefficient (Wildman–Crippen LogP) is 5.23. The second-order valence-electron chi connectivity index (χ2n) is 9.12. The number of nitrogens with one attached hydrogen (secondary N) is 2. The number of para-hydroxylation sites is 1. The molecule has 0 bridgehead atoms. The molecule has 0 unspecified atom stereocenters. The van der Waals surface area contributed by atoms with Gasteiger partial charge in [-0.15, -0.1) is 0 Å². The number of aryl methyl sites for hydroxylation is 1. The van der Waals surface area contributed by atoms with Crippen molar-refractivity contribution < 1.29 is 14.7 Å². The monoisotopic (exact) mass is 534 g/mol. The van der Waals surface area contributed by atoms with E-state index in [0.717, 1.165) is 28.8 Å². The van der Waals surface area contributed by atoms with Crippen LogP contribution in [0.25, 0.3) is 11.1 Å². The molecule has 0 aliphatic heterocycles. The molecule has 0 aliphatic rings. The van der Waals surface area contributed by atoms with Gasteiger partial charge in [0.1, 0.15) is 0 Å². The van der Waals surface area contributed by atoms with Crippen molar-refractivity contribution in [3.05, 3.63) is 112 Å². The van der Waals surface area contributed by atoms with Crippen LogP contribution < -0.4 is 16.2 Å². The zero-order valence-corrected chi connectivity index (χ0v) is 21.3. The molecule has 0 aliphatic carbocycles. The summed E-state index contributed by atoms with van der Waals surface area (Å²) in [7, 11) is 0. The Morgan fingerprint density at radius 1 is 0.949 bits per heavy atom. The molecular formula is C30H31N4NaO4. The number of nitrogens with zero attached hydrogens (tertiary/aromatic N) is 2. The van der Waals surface area contributed by atoms with E-state index in [2.05, 4.69) is 15.7 Å². The fourth-order valence-electron chi connectivity index (χ4n) is 4.29. The van der Waals surface area contributed by atoms with Gasteiger partial charge in [-0.1, -0.05) is 61.5 Å². The van der Waals surface area contributed by atoms with Gasteiger partial charge in [0, 0.05) is 17.6 Å². The molecule has 39 heavy (non-hydrogen) atoms. The van der Waals surface area contributed by atoms with Crippen LogP contribution in [-0.4, -0.2) is 56.4 Å². The van der Waals surface area contributed by atoms with E-state index in [4.69, 9.17) is 5.11 Å². The summed E-state index contributed by atoms with van der Waals surface area (Å²) in [5, 5.41) is 19.0. The summed E-state index contributed by atoms with van der Waals surface area (Å²) >= 11 is 0. The van der Waals surface area contributed by atoms with Crippen molar-refractivity contribution in [2.45, 2.75) is 39.2 Å². The number of carboxylic acid groups (broad SMARTS) is 1. The first-order valence-electron chi connectivity index (χ1n) is 12.4. The molecule has 2 amide bonds. The van der Waals surface area contributed by atoms with Crippen molar-refractivity contribution in [3.8, 4) is 11.1 Å². The molecule has 1 atom stereocenters. The number of aliphatic carboxylic acids is 1. The first-order valence-corrected chi connectivity index (χ1v) is 12.4. The van der Waals surface area contributed by atoms with E-state index < -0.39 is 5.97 Å². The van der Waals surface area contributed by atoms with Gasteiger partial charge in [-0.25, -0.2) is 9.48 Å². The molecule has 4 rings (SSSR count). The van der Waals surface area contributed by atoms with E-state index >= 15 is 0 Å². The van der Waals surface area contributed by atoms with Crippen LogP contribution in [0.15, 0.2) is 89.9 Å². The Kier molecular flexibility index (Phi) is 10.6. The average molecular weight is 535 g/mol. The van der Waals surface area contributed by atoms with E-state index in [9.17, 15) is 14.4 Å². The van der Waals surface area contributed by atoms with Gasteiger partial charge >= 0.3 is 41.6 Å². The molecule has 1 aromatic heterocycles. The number of carbonyl (C=O) groups is 2. The Hall–Kier alpha value is -3.72. The summed E-state index contributed by atoms with van der Waals surface area (Å²) in [6.45, 7) is 4.19. The van der Waals surface area contributed by atoms with E-state index in [1.165, 1.54) is 4.68 Å². The zero-order chi connectivity index (χ0) is 27.1. The molecule has 0 spiro atoms. The van der Waals surface area contributed by atoms with Gasteiger partial charge in [0.25, 0.3) is 5.56 Å². The maximum atomic E-state index is 13.2. The Bertz CT molecular complexity index is 1480. The van der Waals surface area contributed by atoms with Gasteiger partial charge in [-0.05, 0) is 65.8 Å². The molecule has 0 fully saturated rings. The molecule has 3 N–H and O–H groups in total. The molecule has 4 aromatic rings. The predicted molar refractivity (Wildman–Crippen MR) is 156 cm³/mol. The SMILES string of the molecule is CC[C@H](CC(=O)O)c1ccc(Cn2nccc(-c3ccc(NC(=O)Nc4ccccc4C)cc3)c2=O)cc1.[NaH]. The van der Waals surface area contributed by atoms with Gasteiger partial charge in [0.05, 0.1) is 18.5 Å². The normalized spacial score (nSPS) is 11.2. The molecule has 0 saturated heterocycles. The average Bonchev–Trinajstić information content (AvgIpc) is 2.91. The van der Waals surface area contributed by atoms with Crippen molar-refractivity contribution >= 4 is 52.9 Å². The minimum absolute atomic E-state index is 0. The third-order valence-corrected chi connectivity index (χ3v) is 6.46. The Balaban J connectivity index is 0.00000420. The molecule has 3 aromatic carbocycles. The summed E-state index contributed by atoms with van der Waals surface area (Å²) in [6, 6.07) is 23.6. The van der Waals surface area contributed by atoms with E-state index in [1.807, 2.05) is 62.4 Å². The number of carboxylic acids is 1. The summed E-state index contributed by atoms with van der Waals surface area (Å²) in [5.74, 6) is -0.862. The van der Waals surface area contributed by atoms with Crippen LogP contribution in [0.5, 0.6) is 0 Å². The van der Waals surface area contributed by atoms with Crippen LogP contribution in [0, 0.1) is 6.92 Å². The molecule has 0 saturated carbocycles. The zero-order valence-electron chi connectivity index (χ0n) is 21.3. The molecule has 8 nitrogen and oxygen atoms in total. The first-order chi connectivity index (χ1) is 18.3. The van der Waals surface area contributed by atoms with Crippen LogP contribution in [0.1, 0.15) is 42.4 Å². The molecule has 1 heterocycles. The first kappa shape index (κ1) is 29.8. The Morgan fingerprint density at radius 2 is 1.64 bits per heavy atom. The second kappa shape index (κ2) is 13.9. The molecular weight excluding hydrogens is 503 g/mol. The van der Waals surface area contributed by atoms with Crippen molar-refractivity contribution in [1.82, 2.24) is 9.78 Å². The van der Waals surface area contributed by atoms with Gasteiger partial charge in [0.15, 0.2) is 0 Å². The minimum atomic E-state index is -0.817. The van der Waals surface area contributed by atoms with Crippen molar-refractivity contribution in [2.75, 3.05) is 10.6 Å². The summed E-state index contributed by atoms with van der Waals surface area (Å²) < 4.78 is 1.40. The van der Waals surface area contributed by atoms with Gasteiger partial charge < -0.3 is 15.7 Å². The summed E-state index contributed by atoms with van der Waals surface area (Å²) in [4.78, 5) is 36.7. The summed E-state index contributed by atoms with van der Waals surface area (Å²) in [6.07, 6.45) is 2.41. The van der Waals surface area contributed by atoms with Crippen molar-refractivity contribution in [3.63, 3.8) is 0 Å². The summed E-state index contributed by atoms with van der Waals surface area (Å²) in [5.41, 5.74) is 5.14. The van der Waals surface area contributed by atoms with Gasteiger partial charge in [-0.3, -0.25) is 9.59 Å². The maximum absolute atomic E-state index is 13.2. The molecule has 9 heteroatoms. The quantitative estimate of drug-likeness (QED) is 0.255. The number of hydrogen-bond donors (Lipinski definition) is 3. The molecule has 0 radical (unpaired) electrons. The standard InChI is InChI=1S/C30H30N4O4.Na.H/c1-3-22(18-28(35)36)23-10-8-21(9-11-23)19-34-29(37)26(16-17-31-34)24-12-14-25(15-13-24)32-30(38)33-27-7-5-4-6-20(27)2;;/h4-17,22H,3,18-19H2,1-2H3,(H,35,36)(H2,32,33,38);;/t22-;;/m1../s1. The Labute approximate surface area is 249 Å². The number of rotatable bonds is 9. The number of anilines is 2. The third-order valence-electron chi connectivity index (χ3n) is 6.46. The number of carbonyl (C=O) groups excluding carboxylic acids is 1. The Morgan fingerprint density at radius 3 is 2.28 bits per heavy atom. The number of hydrogen-bond acceptors (Lipinski definition) is 4. The molecule has 196 valence electrons. The second-order valence-corrected chi connectivity index (χ2v) is 9.12. The van der Waals surface area contributed by atoms with E-state index in [1.54, 1.807) is 36.5 Å². The third kappa shape index (κ3) is 7.89. The number of aromatic nitrogens is 2. The number of urea groups is 1. The van der Waals surface area contributed by atoms with Crippen LogP contribution in [-0.2, 0) is 11.3 Å². The van der Waals surface area contributed by atoms with E-state index in [-0.39, 0.29) is 53.5 Å². The number of benzene rings is 3. The van der Waals surface area contributed by atoms with Gasteiger partial charge in [-0.2, -0.15) is 5.10 Å². The van der Waals surface area contributed by atoms with Crippen LogP contribution in [0.4, 0.5) is 16.2 Å².